The van der Waals surface area contributed by atoms with E-state index in [-0.39, 0.29) is 0 Å². The van der Waals surface area contributed by atoms with E-state index in [0.717, 1.165) is 48.1 Å². The van der Waals surface area contributed by atoms with Crippen molar-refractivity contribution in [3.63, 3.8) is 0 Å². The predicted molar refractivity (Wildman–Crippen MR) is 116 cm³/mol. The van der Waals surface area contributed by atoms with Crippen LogP contribution in [0, 0.1) is 0 Å². The van der Waals surface area contributed by atoms with E-state index >= 15 is 0 Å². The summed E-state index contributed by atoms with van der Waals surface area (Å²) in [6.45, 7) is 4.36. The number of ether oxygens (including phenoxy) is 1. The summed E-state index contributed by atoms with van der Waals surface area (Å²) in [5.74, 6) is 2.34. The normalized spacial score (nSPS) is 21.1. The summed E-state index contributed by atoms with van der Waals surface area (Å²) < 4.78 is 7.68. The maximum absolute atomic E-state index is 6.47. The second kappa shape index (κ2) is 7.19. The molecule has 1 aliphatic heterocycles. The summed E-state index contributed by atoms with van der Waals surface area (Å²) >= 11 is 6.47. The van der Waals surface area contributed by atoms with Crippen molar-refractivity contribution in [2.24, 2.45) is 7.05 Å². The Bertz CT molecular complexity index is 1070. The second-order valence-electron chi connectivity index (χ2n) is 8.24. The highest BCUT2D eigenvalue weighted by Gasteiger charge is 2.37. The molecule has 4 nitrogen and oxygen atoms in total. The lowest BCUT2D eigenvalue weighted by Gasteiger charge is -2.36. The molecule has 3 aromatic rings. The molecule has 1 aromatic heterocycles. The van der Waals surface area contributed by atoms with Gasteiger partial charge in [0.25, 0.3) is 0 Å². The molecule has 0 saturated heterocycles. The van der Waals surface area contributed by atoms with Gasteiger partial charge in [-0.15, -0.1) is 0 Å². The van der Waals surface area contributed by atoms with E-state index in [0.29, 0.717) is 12.0 Å². The highest BCUT2D eigenvalue weighted by molar-refractivity contribution is 6.33. The van der Waals surface area contributed by atoms with Gasteiger partial charge in [0, 0.05) is 43.4 Å². The molecular weight excluding hydrogens is 382 g/mol. The third-order valence-electron chi connectivity index (χ3n) is 6.65. The average Bonchev–Trinajstić information content (AvgIpc) is 3.29. The first-order valence-electron chi connectivity index (χ1n) is 10.3. The molecule has 0 fully saturated rings. The zero-order valence-corrected chi connectivity index (χ0v) is 17.9. The SMILES string of the molecule is COc1ccc2c(c1)CN(C1CCc3nc(-c4ccccc4Cl)n(C)c3C1C)C2. The third-order valence-corrected chi connectivity index (χ3v) is 6.97. The molecule has 0 saturated carbocycles. The summed E-state index contributed by atoms with van der Waals surface area (Å²) in [7, 11) is 3.87. The van der Waals surface area contributed by atoms with Crippen molar-refractivity contribution < 1.29 is 4.74 Å². The van der Waals surface area contributed by atoms with Crippen LogP contribution in [0.3, 0.4) is 0 Å². The minimum atomic E-state index is 0.420. The van der Waals surface area contributed by atoms with Crippen molar-refractivity contribution in [3.8, 4) is 17.1 Å². The summed E-state index contributed by atoms with van der Waals surface area (Å²) in [5, 5.41) is 0.756. The molecule has 0 amide bonds. The van der Waals surface area contributed by atoms with Gasteiger partial charge in [-0.25, -0.2) is 4.98 Å². The number of imidazole rings is 1. The molecule has 5 rings (SSSR count). The lowest BCUT2D eigenvalue weighted by molar-refractivity contribution is 0.156. The monoisotopic (exact) mass is 407 g/mol. The molecule has 0 N–H and O–H groups in total. The molecule has 2 atom stereocenters. The Hall–Kier alpha value is -2.30. The molecule has 0 spiro atoms. The average molecular weight is 408 g/mol. The number of benzene rings is 2. The Morgan fingerprint density at radius 3 is 2.69 bits per heavy atom. The number of fused-ring (bicyclic) bond motifs is 2. The van der Waals surface area contributed by atoms with E-state index in [1.165, 1.54) is 22.5 Å². The van der Waals surface area contributed by atoms with Crippen LogP contribution < -0.4 is 4.74 Å². The molecule has 2 aromatic carbocycles. The van der Waals surface area contributed by atoms with Gasteiger partial charge in [0.15, 0.2) is 0 Å². The van der Waals surface area contributed by atoms with Crippen LogP contribution in [0.15, 0.2) is 42.5 Å². The van der Waals surface area contributed by atoms with Crippen LogP contribution in [0.5, 0.6) is 5.75 Å². The molecule has 29 heavy (non-hydrogen) atoms. The first-order chi connectivity index (χ1) is 14.1. The maximum Gasteiger partial charge on any atom is 0.141 e. The van der Waals surface area contributed by atoms with Gasteiger partial charge < -0.3 is 9.30 Å². The lowest BCUT2D eigenvalue weighted by Crippen LogP contribution is -2.38. The third kappa shape index (κ3) is 3.06. The number of aromatic nitrogens is 2. The van der Waals surface area contributed by atoms with Crippen LogP contribution in [0.4, 0.5) is 0 Å². The molecule has 0 radical (unpaired) electrons. The summed E-state index contributed by atoms with van der Waals surface area (Å²) in [6, 6.07) is 15.0. The van der Waals surface area contributed by atoms with Crippen molar-refractivity contribution in [3.05, 3.63) is 70.0 Å². The Kier molecular flexibility index (Phi) is 4.64. The summed E-state index contributed by atoms with van der Waals surface area (Å²) in [5.41, 5.74) is 6.40. The number of methoxy groups -OCH3 is 1. The van der Waals surface area contributed by atoms with E-state index < -0.39 is 0 Å². The first-order valence-corrected chi connectivity index (χ1v) is 10.6. The minimum absolute atomic E-state index is 0.420. The van der Waals surface area contributed by atoms with Crippen LogP contribution in [-0.2, 0) is 26.6 Å². The topological polar surface area (TPSA) is 30.3 Å². The first kappa shape index (κ1) is 18.7. The number of hydrogen-bond donors (Lipinski definition) is 0. The molecule has 2 aliphatic rings. The zero-order valence-electron chi connectivity index (χ0n) is 17.2. The molecule has 5 heteroatoms. The van der Waals surface area contributed by atoms with E-state index in [1.807, 2.05) is 18.2 Å². The highest BCUT2D eigenvalue weighted by atomic mass is 35.5. The van der Waals surface area contributed by atoms with Gasteiger partial charge in [-0.3, -0.25) is 4.90 Å². The lowest BCUT2D eigenvalue weighted by atomic mass is 9.85. The van der Waals surface area contributed by atoms with Crippen LogP contribution in [-0.4, -0.2) is 27.6 Å². The van der Waals surface area contributed by atoms with E-state index in [1.54, 1.807) is 7.11 Å². The molecule has 2 unspecified atom stereocenters. The fourth-order valence-corrected chi connectivity index (χ4v) is 5.40. The van der Waals surface area contributed by atoms with Crippen molar-refractivity contribution >= 4 is 11.6 Å². The van der Waals surface area contributed by atoms with Crippen LogP contribution in [0.1, 0.15) is 41.8 Å². The van der Waals surface area contributed by atoms with E-state index in [9.17, 15) is 0 Å². The van der Waals surface area contributed by atoms with Gasteiger partial charge in [0.2, 0.25) is 0 Å². The standard InChI is InChI=1S/C24H26ClN3O/c1-15-22(28-13-16-8-9-18(29-3)12-17(16)14-28)11-10-21-23(15)27(2)24(26-21)19-6-4-5-7-20(19)25/h4-9,12,15,22H,10-11,13-14H2,1-3H3. The number of rotatable bonds is 3. The summed E-state index contributed by atoms with van der Waals surface area (Å²) in [4.78, 5) is 7.62. The van der Waals surface area contributed by atoms with Crippen molar-refractivity contribution in [2.45, 2.75) is 44.8 Å². The second-order valence-corrected chi connectivity index (χ2v) is 8.65. The molecule has 0 bridgehead atoms. The number of nitrogens with zero attached hydrogens (tertiary/aromatic N) is 3. The Labute approximate surface area is 177 Å². The van der Waals surface area contributed by atoms with Crippen LogP contribution in [0.2, 0.25) is 5.02 Å². The Morgan fingerprint density at radius 2 is 1.90 bits per heavy atom. The highest BCUT2D eigenvalue weighted by Crippen LogP contribution is 2.40. The van der Waals surface area contributed by atoms with Crippen molar-refractivity contribution in [2.75, 3.05) is 7.11 Å². The smallest absolute Gasteiger partial charge is 0.141 e. The van der Waals surface area contributed by atoms with Crippen LogP contribution >= 0.6 is 11.6 Å². The maximum atomic E-state index is 6.47. The Morgan fingerprint density at radius 1 is 1.10 bits per heavy atom. The van der Waals surface area contributed by atoms with E-state index in [2.05, 4.69) is 47.7 Å². The van der Waals surface area contributed by atoms with Crippen LogP contribution in [0.25, 0.3) is 11.4 Å². The number of halogens is 1. The fraction of sp³-hybridized carbons (Fsp3) is 0.375. The fourth-order valence-electron chi connectivity index (χ4n) is 5.18. The van der Waals surface area contributed by atoms with E-state index in [4.69, 9.17) is 21.3 Å². The van der Waals surface area contributed by atoms with Gasteiger partial charge >= 0.3 is 0 Å². The largest absolute Gasteiger partial charge is 0.497 e. The quantitative estimate of drug-likeness (QED) is 0.599. The minimum Gasteiger partial charge on any atom is -0.497 e. The van der Waals surface area contributed by atoms with Crippen molar-refractivity contribution in [1.82, 2.24) is 14.5 Å². The Balaban J connectivity index is 1.45. The summed E-state index contributed by atoms with van der Waals surface area (Å²) in [6.07, 6.45) is 2.15. The van der Waals surface area contributed by atoms with Gasteiger partial charge in [-0.05, 0) is 48.2 Å². The number of hydrogen-bond acceptors (Lipinski definition) is 3. The zero-order chi connectivity index (χ0) is 20.1. The van der Waals surface area contributed by atoms with Gasteiger partial charge in [0.05, 0.1) is 17.8 Å². The molecule has 2 heterocycles. The van der Waals surface area contributed by atoms with Gasteiger partial charge in [-0.2, -0.15) is 0 Å². The van der Waals surface area contributed by atoms with Gasteiger partial charge in [-0.1, -0.05) is 36.7 Å². The van der Waals surface area contributed by atoms with Crippen molar-refractivity contribution in [1.29, 1.82) is 0 Å². The predicted octanol–water partition coefficient (Wildman–Crippen LogP) is 5.18. The van der Waals surface area contributed by atoms with Gasteiger partial charge in [0.1, 0.15) is 11.6 Å². The number of aryl methyl sites for hydroxylation is 1. The molecule has 150 valence electrons. The molecule has 1 aliphatic carbocycles. The molecular formula is C24H26ClN3O.